The molecule has 3 nitrogen and oxygen atoms in total. The van der Waals surface area contributed by atoms with Crippen molar-refractivity contribution in [1.29, 1.82) is 0 Å². The average molecular weight is 305 g/mol. The number of benzene rings is 1. The Bertz CT molecular complexity index is 675. The van der Waals surface area contributed by atoms with Crippen molar-refractivity contribution < 1.29 is 4.74 Å². The van der Waals surface area contributed by atoms with Gasteiger partial charge in [-0.2, -0.15) is 0 Å². The molecule has 2 aliphatic rings. The van der Waals surface area contributed by atoms with Gasteiger partial charge in [-0.1, -0.05) is 6.07 Å². The number of alkyl halides is 1. The lowest BCUT2D eigenvalue weighted by Gasteiger charge is -2.23. The van der Waals surface area contributed by atoms with Crippen molar-refractivity contribution in [2.75, 3.05) is 6.61 Å². The molecule has 2 heterocycles. The maximum absolute atomic E-state index is 6.42. The number of aromatic nitrogens is 2. The van der Waals surface area contributed by atoms with Crippen LogP contribution < -0.4 is 0 Å². The van der Waals surface area contributed by atoms with Gasteiger partial charge in [0.1, 0.15) is 5.82 Å². The molecule has 2 fully saturated rings. The third-order valence-corrected chi connectivity index (χ3v) is 4.94. The largest absolute Gasteiger partial charge is 0.376 e. The molecule has 21 heavy (non-hydrogen) atoms. The van der Waals surface area contributed by atoms with Gasteiger partial charge in [0.25, 0.3) is 0 Å². The summed E-state index contributed by atoms with van der Waals surface area (Å²) in [4.78, 5) is 4.79. The fourth-order valence-electron chi connectivity index (χ4n) is 3.60. The van der Waals surface area contributed by atoms with Gasteiger partial charge < -0.3 is 9.30 Å². The van der Waals surface area contributed by atoms with E-state index in [4.69, 9.17) is 21.3 Å². The highest BCUT2D eigenvalue weighted by molar-refractivity contribution is 6.20. The van der Waals surface area contributed by atoms with Gasteiger partial charge >= 0.3 is 0 Å². The van der Waals surface area contributed by atoms with Gasteiger partial charge in [0.15, 0.2) is 0 Å². The molecule has 112 valence electrons. The Hall–Kier alpha value is -1.06. The quantitative estimate of drug-likeness (QED) is 0.787. The summed E-state index contributed by atoms with van der Waals surface area (Å²) >= 11 is 6.42. The van der Waals surface area contributed by atoms with Gasteiger partial charge in [-0.25, -0.2) is 4.98 Å². The minimum absolute atomic E-state index is 0.0850. The number of ether oxygens (including phenoxy) is 1. The van der Waals surface area contributed by atoms with Crippen LogP contribution in [0.5, 0.6) is 0 Å². The highest BCUT2D eigenvalue weighted by Crippen LogP contribution is 2.45. The minimum atomic E-state index is -0.0850. The fraction of sp³-hybridized carbons (Fsp3) is 0.588. The van der Waals surface area contributed by atoms with Crippen LogP contribution in [0.4, 0.5) is 0 Å². The van der Waals surface area contributed by atoms with Gasteiger partial charge in [0.05, 0.1) is 28.6 Å². The highest BCUT2D eigenvalue weighted by Gasteiger charge is 2.42. The van der Waals surface area contributed by atoms with E-state index < -0.39 is 0 Å². The molecule has 0 spiro atoms. The molecule has 1 saturated heterocycles. The monoisotopic (exact) mass is 304 g/mol. The number of hydrogen-bond donors (Lipinski definition) is 0. The molecule has 1 aromatic heterocycles. The van der Waals surface area contributed by atoms with E-state index in [1.807, 2.05) is 6.92 Å². The SMILES string of the molecule is Cc1ccc2nc(C(C)Cl)n(C3CCOC3C3CC3)c2c1. The lowest BCUT2D eigenvalue weighted by Crippen LogP contribution is -2.23. The van der Waals surface area contributed by atoms with Crippen molar-refractivity contribution in [2.45, 2.75) is 50.6 Å². The van der Waals surface area contributed by atoms with E-state index in [2.05, 4.69) is 29.7 Å². The van der Waals surface area contributed by atoms with Crippen LogP contribution in [0.15, 0.2) is 18.2 Å². The Kier molecular flexibility index (Phi) is 3.23. The number of hydrogen-bond acceptors (Lipinski definition) is 2. The number of nitrogens with zero attached hydrogens (tertiary/aromatic N) is 2. The number of halogens is 1. The Morgan fingerprint density at radius 1 is 1.33 bits per heavy atom. The third kappa shape index (κ3) is 2.27. The van der Waals surface area contributed by atoms with Gasteiger partial charge in [0.2, 0.25) is 0 Å². The Morgan fingerprint density at radius 3 is 2.86 bits per heavy atom. The summed E-state index contributed by atoms with van der Waals surface area (Å²) in [5, 5.41) is -0.0850. The van der Waals surface area contributed by atoms with Crippen molar-refractivity contribution in [3.05, 3.63) is 29.6 Å². The average Bonchev–Trinajstić information content (AvgIpc) is 3.06. The molecule has 0 amide bonds. The molecule has 0 bridgehead atoms. The molecule has 1 aliphatic carbocycles. The first-order valence-electron chi connectivity index (χ1n) is 7.89. The molecule has 0 N–H and O–H groups in total. The number of fused-ring (bicyclic) bond motifs is 1. The summed E-state index contributed by atoms with van der Waals surface area (Å²) in [7, 11) is 0. The zero-order valence-corrected chi connectivity index (χ0v) is 13.3. The molecule has 4 heteroatoms. The number of rotatable bonds is 3. The first kappa shape index (κ1) is 13.6. The Labute approximate surface area is 130 Å². The standard InChI is InChI=1S/C17H21ClN2O/c1-10-3-6-13-15(9-10)20(17(19-13)11(2)18)14-7-8-21-16(14)12-4-5-12/h3,6,9,11-12,14,16H,4-5,7-8H2,1-2H3. The highest BCUT2D eigenvalue weighted by atomic mass is 35.5. The molecule has 1 aromatic carbocycles. The first-order valence-corrected chi connectivity index (χ1v) is 8.33. The van der Waals surface area contributed by atoms with Crippen LogP contribution in [0.3, 0.4) is 0 Å². The van der Waals surface area contributed by atoms with E-state index in [1.54, 1.807) is 0 Å². The topological polar surface area (TPSA) is 27.1 Å². The minimum Gasteiger partial charge on any atom is -0.376 e. The summed E-state index contributed by atoms with van der Waals surface area (Å²) in [6, 6.07) is 6.84. The van der Waals surface area contributed by atoms with Crippen molar-refractivity contribution in [3.8, 4) is 0 Å². The number of imidazole rings is 1. The fourth-order valence-corrected chi connectivity index (χ4v) is 3.76. The van der Waals surface area contributed by atoms with Gasteiger partial charge in [-0.05, 0) is 56.7 Å². The van der Waals surface area contributed by atoms with E-state index in [-0.39, 0.29) is 5.38 Å². The molecule has 2 aromatic rings. The van der Waals surface area contributed by atoms with Crippen molar-refractivity contribution in [1.82, 2.24) is 9.55 Å². The lowest BCUT2D eigenvalue weighted by atomic mass is 10.1. The van der Waals surface area contributed by atoms with Crippen LogP contribution in [-0.2, 0) is 4.74 Å². The van der Waals surface area contributed by atoms with Crippen LogP contribution in [0.2, 0.25) is 0 Å². The second-order valence-electron chi connectivity index (χ2n) is 6.48. The molecule has 1 aliphatic heterocycles. The third-order valence-electron chi connectivity index (χ3n) is 4.75. The van der Waals surface area contributed by atoms with Crippen LogP contribution in [-0.4, -0.2) is 22.3 Å². The molecular formula is C17H21ClN2O. The van der Waals surface area contributed by atoms with Gasteiger partial charge in [-0.3, -0.25) is 0 Å². The van der Waals surface area contributed by atoms with Crippen LogP contribution in [0.25, 0.3) is 11.0 Å². The van der Waals surface area contributed by atoms with Crippen molar-refractivity contribution >= 4 is 22.6 Å². The van der Waals surface area contributed by atoms with Crippen LogP contribution in [0.1, 0.15) is 49.0 Å². The first-order chi connectivity index (χ1) is 10.1. The van der Waals surface area contributed by atoms with Crippen molar-refractivity contribution in [2.24, 2.45) is 5.92 Å². The summed E-state index contributed by atoms with van der Waals surface area (Å²) in [6.07, 6.45) is 4.02. The van der Waals surface area contributed by atoms with E-state index in [0.717, 1.165) is 30.3 Å². The van der Waals surface area contributed by atoms with Gasteiger partial charge in [-0.15, -0.1) is 11.6 Å². The van der Waals surface area contributed by atoms with E-state index in [9.17, 15) is 0 Å². The Balaban J connectivity index is 1.88. The van der Waals surface area contributed by atoms with E-state index in [1.165, 1.54) is 23.9 Å². The Morgan fingerprint density at radius 2 is 2.14 bits per heavy atom. The van der Waals surface area contributed by atoms with E-state index in [0.29, 0.717) is 12.1 Å². The summed E-state index contributed by atoms with van der Waals surface area (Å²) in [5.74, 6) is 1.72. The predicted octanol–water partition coefficient (Wildman–Crippen LogP) is 4.38. The lowest BCUT2D eigenvalue weighted by molar-refractivity contribution is 0.0753. The van der Waals surface area contributed by atoms with Crippen LogP contribution >= 0.6 is 11.6 Å². The molecule has 1 saturated carbocycles. The molecule has 0 radical (unpaired) electrons. The normalized spacial score (nSPS) is 27.4. The second kappa shape index (κ2) is 4.99. The summed E-state index contributed by atoms with van der Waals surface area (Å²) in [5.41, 5.74) is 3.52. The zero-order chi connectivity index (χ0) is 14.6. The molecule has 3 unspecified atom stereocenters. The molecular weight excluding hydrogens is 284 g/mol. The van der Waals surface area contributed by atoms with Gasteiger partial charge in [0, 0.05) is 6.61 Å². The summed E-state index contributed by atoms with van der Waals surface area (Å²) in [6.45, 7) is 4.99. The molecule has 4 rings (SSSR count). The van der Waals surface area contributed by atoms with Crippen LogP contribution in [0, 0.1) is 12.8 Å². The predicted molar refractivity (Wildman–Crippen MR) is 84.9 cm³/mol. The van der Waals surface area contributed by atoms with Crippen molar-refractivity contribution in [3.63, 3.8) is 0 Å². The van der Waals surface area contributed by atoms with E-state index >= 15 is 0 Å². The number of aryl methyl sites for hydroxylation is 1. The second-order valence-corrected chi connectivity index (χ2v) is 7.13. The maximum Gasteiger partial charge on any atom is 0.128 e. The zero-order valence-electron chi connectivity index (χ0n) is 12.6. The summed E-state index contributed by atoms with van der Waals surface area (Å²) < 4.78 is 8.41. The molecule has 3 atom stereocenters. The smallest absolute Gasteiger partial charge is 0.128 e. The maximum atomic E-state index is 6.42.